The third kappa shape index (κ3) is 9.41. The molecule has 0 spiro atoms. The smallest absolute Gasteiger partial charge is 0.408 e. The number of carboxylic acid groups (broad SMARTS) is 1. The van der Waals surface area contributed by atoms with Gasteiger partial charge in [-0.1, -0.05) is 13.8 Å². The number of nitrogens with two attached hydrogens (primary N) is 1. The maximum atomic E-state index is 12.9. The molecule has 13 heteroatoms. The Morgan fingerprint density at radius 3 is 2.11 bits per heavy atom. The zero-order valence-electron chi connectivity index (χ0n) is 21.0. The molecule has 0 bridgehead atoms. The summed E-state index contributed by atoms with van der Waals surface area (Å²) < 4.78 is 5.11. The van der Waals surface area contributed by atoms with Gasteiger partial charge < -0.3 is 36.4 Å². The van der Waals surface area contributed by atoms with E-state index in [4.69, 9.17) is 10.5 Å². The second-order valence-electron chi connectivity index (χ2n) is 9.86. The first-order valence-electron chi connectivity index (χ1n) is 11.4. The van der Waals surface area contributed by atoms with Crippen LogP contribution in [-0.4, -0.2) is 82.0 Å². The summed E-state index contributed by atoms with van der Waals surface area (Å²) in [4.78, 5) is 74.6. The maximum absolute atomic E-state index is 12.9. The van der Waals surface area contributed by atoms with Gasteiger partial charge in [-0.25, -0.2) is 9.59 Å². The van der Waals surface area contributed by atoms with Crippen molar-refractivity contribution >= 4 is 35.7 Å². The molecular formula is C22H37N5O8. The summed E-state index contributed by atoms with van der Waals surface area (Å²) in [5.74, 6) is -4.47. The third-order valence-electron chi connectivity index (χ3n) is 5.21. The van der Waals surface area contributed by atoms with Crippen LogP contribution in [-0.2, 0) is 28.7 Å². The molecule has 6 N–H and O–H groups in total. The van der Waals surface area contributed by atoms with E-state index in [0.29, 0.717) is 12.8 Å². The number of carbonyl (C=O) groups is 6. The lowest BCUT2D eigenvalue weighted by Crippen LogP contribution is -2.59. The van der Waals surface area contributed by atoms with E-state index >= 15 is 0 Å². The Bertz CT molecular complexity index is 838. The van der Waals surface area contributed by atoms with Gasteiger partial charge in [0.15, 0.2) is 0 Å². The van der Waals surface area contributed by atoms with Crippen molar-refractivity contribution in [3.63, 3.8) is 0 Å². The van der Waals surface area contributed by atoms with E-state index in [-0.39, 0.29) is 6.54 Å². The van der Waals surface area contributed by atoms with Gasteiger partial charge in [0.2, 0.25) is 23.6 Å². The number of primary amides is 1. The van der Waals surface area contributed by atoms with Crippen molar-refractivity contribution in [1.82, 2.24) is 20.9 Å². The van der Waals surface area contributed by atoms with Crippen LogP contribution in [0, 0.1) is 5.92 Å². The molecule has 0 aromatic rings. The van der Waals surface area contributed by atoms with E-state index in [1.165, 1.54) is 11.8 Å². The number of aliphatic carboxylic acids is 1. The lowest BCUT2D eigenvalue weighted by Gasteiger charge is -2.29. The van der Waals surface area contributed by atoms with Crippen molar-refractivity contribution in [3.8, 4) is 0 Å². The quantitative estimate of drug-likeness (QED) is 0.264. The lowest BCUT2D eigenvalue weighted by atomic mass is 10.0. The number of nitrogens with one attached hydrogen (secondary N) is 3. The van der Waals surface area contributed by atoms with Crippen LogP contribution in [0.4, 0.5) is 4.79 Å². The van der Waals surface area contributed by atoms with E-state index in [1.807, 2.05) is 0 Å². The van der Waals surface area contributed by atoms with Gasteiger partial charge in [-0.15, -0.1) is 0 Å². The minimum absolute atomic E-state index is 0.269. The predicted molar refractivity (Wildman–Crippen MR) is 124 cm³/mol. The number of rotatable bonds is 10. The molecule has 4 atom stereocenters. The number of alkyl carbamates (subject to hydrolysis) is 1. The highest BCUT2D eigenvalue weighted by atomic mass is 16.6. The number of amides is 5. The van der Waals surface area contributed by atoms with Crippen LogP contribution in [0.2, 0.25) is 0 Å². The van der Waals surface area contributed by atoms with Crippen molar-refractivity contribution in [2.75, 3.05) is 6.54 Å². The monoisotopic (exact) mass is 499 g/mol. The zero-order chi connectivity index (χ0) is 27.1. The Kier molecular flexibility index (Phi) is 10.5. The number of hydrogen-bond donors (Lipinski definition) is 5. The van der Waals surface area contributed by atoms with Gasteiger partial charge in [0.25, 0.3) is 0 Å². The van der Waals surface area contributed by atoms with Gasteiger partial charge in [0, 0.05) is 6.54 Å². The Hall–Kier alpha value is -3.38. The molecule has 0 aliphatic carbocycles. The van der Waals surface area contributed by atoms with Crippen LogP contribution in [0.1, 0.15) is 60.8 Å². The molecule has 1 saturated heterocycles. The topological polar surface area (TPSA) is 197 Å². The number of hydrogen-bond acceptors (Lipinski definition) is 7. The molecule has 5 amide bonds. The highest BCUT2D eigenvalue weighted by molar-refractivity contribution is 5.96. The van der Waals surface area contributed by atoms with Gasteiger partial charge in [0.1, 0.15) is 29.8 Å². The first-order valence-corrected chi connectivity index (χ1v) is 11.4. The minimum Gasteiger partial charge on any atom is -0.480 e. The molecule has 198 valence electrons. The molecular weight excluding hydrogens is 462 g/mol. The second-order valence-corrected chi connectivity index (χ2v) is 9.86. The summed E-state index contributed by atoms with van der Waals surface area (Å²) in [7, 11) is 0. The summed E-state index contributed by atoms with van der Waals surface area (Å²) in [5.41, 5.74) is 4.35. The zero-order valence-corrected chi connectivity index (χ0v) is 21.0. The number of carboxylic acids is 1. The van der Waals surface area contributed by atoms with E-state index < -0.39 is 77.8 Å². The van der Waals surface area contributed by atoms with Gasteiger partial charge in [-0.2, -0.15) is 0 Å². The maximum Gasteiger partial charge on any atom is 0.408 e. The van der Waals surface area contributed by atoms with E-state index in [9.17, 15) is 33.9 Å². The van der Waals surface area contributed by atoms with Crippen LogP contribution in [0.25, 0.3) is 0 Å². The molecule has 1 heterocycles. The van der Waals surface area contributed by atoms with E-state index in [1.54, 1.807) is 34.6 Å². The first kappa shape index (κ1) is 29.7. The predicted octanol–water partition coefficient (Wildman–Crippen LogP) is -0.524. The standard InChI is InChI=1S/C22H37N5O8/c1-11(2)16(18(30)24-12(3)19(31)27-9-7-8-14(27)20(32)33)26-17(29)13(10-15(23)28)25-21(34)35-22(4,5)6/h11-14,16H,7-10H2,1-6H3,(H2,23,28)(H,24,30)(H,25,34)(H,26,29)(H,32,33)/t12-,13-,14-,16-/m0/s1. The van der Waals surface area contributed by atoms with Crippen molar-refractivity contribution in [2.24, 2.45) is 11.7 Å². The van der Waals surface area contributed by atoms with Crippen LogP contribution < -0.4 is 21.7 Å². The molecule has 1 aliphatic heterocycles. The van der Waals surface area contributed by atoms with Crippen molar-refractivity contribution in [3.05, 3.63) is 0 Å². The fraction of sp³-hybridized carbons (Fsp3) is 0.727. The number of nitrogens with zero attached hydrogens (tertiary/aromatic N) is 1. The minimum atomic E-state index is -1.39. The van der Waals surface area contributed by atoms with Gasteiger partial charge in [-0.05, 0) is 46.5 Å². The molecule has 35 heavy (non-hydrogen) atoms. The third-order valence-corrected chi connectivity index (χ3v) is 5.21. The number of carbonyl (C=O) groups excluding carboxylic acids is 5. The van der Waals surface area contributed by atoms with Gasteiger partial charge >= 0.3 is 12.1 Å². The fourth-order valence-electron chi connectivity index (χ4n) is 3.55. The lowest BCUT2D eigenvalue weighted by molar-refractivity contribution is -0.149. The molecule has 0 aromatic carbocycles. The van der Waals surface area contributed by atoms with E-state index in [2.05, 4.69) is 16.0 Å². The van der Waals surface area contributed by atoms with Crippen molar-refractivity contribution in [2.45, 2.75) is 90.6 Å². The van der Waals surface area contributed by atoms with Crippen molar-refractivity contribution < 1.29 is 38.6 Å². The average molecular weight is 500 g/mol. The Labute approximate surface area is 204 Å². The Balaban J connectivity index is 2.90. The molecule has 0 aromatic heterocycles. The van der Waals surface area contributed by atoms with Gasteiger partial charge in [0.05, 0.1) is 6.42 Å². The Morgan fingerprint density at radius 1 is 1.03 bits per heavy atom. The van der Waals surface area contributed by atoms with Crippen molar-refractivity contribution in [1.29, 1.82) is 0 Å². The first-order chi connectivity index (χ1) is 16.0. The largest absolute Gasteiger partial charge is 0.480 e. The van der Waals surface area contributed by atoms with Crippen LogP contribution >= 0.6 is 0 Å². The second kappa shape index (κ2) is 12.4. The van der Waals surface area contributed by atoms with Gasteiger partial charge in [-0.3, -0.25) is 19.2 Å². The van der Waals surface area contributed by atoms with Crippen LogP contribution in [0.3, 0.4) is 0 Å². The summed E-state index contributed by atoms with van der Waals surface area (Å²) in [6.45, 7) is 9.88. The highest BCUT2D eigenvalue weighted by Crippen LogP contribution is 2.18. The fourth-order valence-corrected chi connectivity index (χ4v) is 3.55. The van der Waals surface area contributed by atoms with E-state index in [0.717, 1.165) is 0 Å². The average Bonchev–Trinajstić information content (AvgIpc) is 3.18. The molecule has 0 unspecified atom stereocenters. The number of likely N-dealkylation sites (tertiary alicyclic amines) is 1. The summed E-state index contributed by atoms with van der Waals surface area (Å²) in [6.07, 6.45) is -0.599. The molecule has 1 aliphatic rings. The molecule has 13 nitrogen and oxygen atoms in total. The molecule has 1 rings (SSSR count). The summed E-state index contributed by atoms with van der Waals surface area (Å²) >= 11 is 0. The number of ether oxygens (including phenoxy) is 1. The molecule has 0 saturated carbocycles. The van der Waals surface area contributed by atoms with Crippen LogP contribution in [0.15, 0.2) is 0 Å². The molecule has 0 radical (unpaired) electrons. The molecule has 1 fully saturated rings. The Morgan fingerprint density at radius 2 is 1.63 bits per heavy atom. The normalized spacial score (nSPS) is 18.3. The summed E-state index contributed by atoms with van der Waals surface area (Å²) in [6, 6.07) is -4.50. The highest BCUT2D eigenvalue weighted by Gasteiger charge is 2.37. The summed E-state index contributed by atoms with van der Waals surface area (Å²) in [5, 5.41) is 16.6. The van der Waals surface area contributed by atoms with Crippen LogP contribution in [0.5, 0.6) is 0 Å². The SMILES string of the molecule is CC(C)[C@H](NC(=O)[C@H](CC(N)=O)NC(=O)OC(C)(C)C)C(=O)N[C@@H](C)C(=O)N1CCC[C@H]1C(=O)O.